The van der Waals surface area contributed by atoms with Gasteiger partial charge in [-0.25, -0.2) is 4.39 Å². The minimum Gasteiger partial charge on any atom is -0.360 e. The number of hydrogen-bond acceptors (Lipinski definition) is 3. The summed E-state index contributed by atoms with van der Waals surface area (Å²) >= 11 is 0. The van der Waals surface area contributed by atoms with E-state index >= 15 is 0 Å². The molecule has 1 N–H and O–H groups in total. The topological polar surface area (TPSA) is 66.1 Å². The summed E-state index contributed by atoms with van der Waals surface area (Å²) in [4.78, 5) is 34.2. The van der Waals surface area contributed by atoms with Crippen molar-refractivity contribution in [1.82, 2.24) is 14.9 Å². The fourth-order valence-corrected chi connectivity index (χ4v) is 2.94. The maximum Gasteiger partial charge on any atom is 0.259 e. The highest BCUT2D eigenvalue weighted by molar-refractivity contribution is 5.97. The van der Waals surface area contributed by atoms with Crippen molar-refractivity contribution in [3.63, 3.8) is 0 Å². The number of halogens is 1. The molecule has 3 rings (SSSR count). The zero-order valence-electron chi connectivity index (χ0n) is 14.0. The van der Waals surface area contributed by atoms with Crippen LogP contribution >= 0.6 is 0 Å². The first-order chi connectivity index (χ1) is 12.0. The highest BCUT2D eigenvalue weighted by atomic mass is 19.1. The van der Waals surface area contributed by atoms with Crippen LogP contribution in [0.3, 0.4) is 0 Å². The van der Waals surface area contributed by atoms with Crippen LogP contribution in [-0.4, -0.2) is 27.8 Å². The molecular formula is C19H18FN3O2. The molecule has 2 aromatic heterocycles. The Morgan fingerprint density at radius 1 is 1.32 bits per heavy atom. The maximum atomic E-state index is 13.5. The second-order valence-electron chi connectivity index (χ2n) is 5.82. The van der Waals surface area contributed by atoms with E-state index in [4.69, 9.17) is 0 Å². The summed E-state index contributed by atoms with van der Waals surface area (Å²) in [5.74, 6) is -0.944. The third-order valence-corrected chi connectivity index (χ3v) is 4.28. The second-order valence-corrected chi connectivity index (χ2v) is 5.82. The summed E-state index contributed by atoms with van der Waals surface area (Å²) in [5, 5.41) is 0.158. The smallest absolute Gasteiger partial charge is 0.259 e. The molecule has 1 atom stereocenters. The first kappa shape index (κ1) is 16.8. The molecule has 0 radical (unpaired) electrons. The predicted molar refractivity (Wildman–Crippen MR) is 93.9 cm³/mol. The Morgan fingerprint density at radius 2 is 2.12 bits per heavy atom. The lowest BCUT2D eigenvalue weighted by Crippen LogP contribution is -2.34. The Balaban J connectivity index is 2.01. The van der Waals surface area contributed by atoms with Crippen molar-refractivity contribution in [2.45, 2.75) is 19.4 Å². The van der Waals surface area contributed by atoms with E-state index in [2.05, 4.69) is 9.97 Å². The molecule has 1 amide bonds. The lowest BCUT2D eigenvalue weighted by Gasteiger charge is -2.26. The number of rotatable bonds is 4. The zero-order chi connectivity index (χ0) is 18.0. The van der Waals surface area contributed by atoms with E-state index in [1.807, 2.05) is 19.1 Å². The monoisotopic (exact) mass is 339 g/mol. The number of hydrogen-bond donors (Lipinski definition) is 1. The number of fused-ring (bicyclic) bond motifs is 1. The molecule has 1 aromatic carbocycles. The van der Waals surface area contributed by atoms with Crippen LogP contribution in [0.25, 0.3) is 10.9 Å². The Hall–Kier alpha value is -3.02. The molecule has 3 aromatic rings. The van der Waals surface area contributed by atoms with Gasteiger partial charge in [0.15, 0.2) is 0 Å². The summed E-state index contributed by atoms with van der Waals surface area (Å²) in [6.07, 6.45) is 3.70. The highest BCUT2D eigenvalue weighted by Crippen LogP contribution is 2.22. The first-order valence-electron chi connectivity index (χ1n) is 8.02. The Bertz CT molecular complexity index is 969. The van der Waals surface area contributed by atoms with Gasteiger partial charge in [-0.15, -0.1) is 0 Å². The van der Waals surface area contributed by atoms with Crippen molar-refractivity contribution in [3.8, 4) is 0 Å². The number of amides is 1. The number of nitrogens with zero attached hydrogens (tertiary/aromatic N) is 2. The van der Waals surface area contributed by atoms with Crippen molar-refractivity contribution in [2.75, 3.05) is 7.05 Å². The van der Waals surface area contributed by atoms with Gasteiger partial charge in [-0.2, -0.15) is 0 Å². The summed E-state index contributed by atoms with van der Waals surface area (Å²) < 4.78 is 13.5. The fourth-order valence-electron chi connectivity index (χ4n) is 2.94. The average molecular weight is 339 g/mol. The van der Waals surface area contributed by atoms with Crippen LogP contribution in [0.1, 0.15) is 35.4 Å². The molecule has 0 aliphatic carbocycles. The van der Waals surface area contributed by atoms with Crippen molar-refractivity contribution < 1.29 is 9.18 Å². The molecule has 0 spiro atoms. The third kappa shape index (κ3) is 3.15. The standard InChI is InChI=1S/C19H18FN3O2/c1-3-17(16-6-4-5-9-21-16)23(2)19(25)14-11-22-15-8-7-12(20)10-13(15)18(14)24/h4-11,17H,3H2,1-2H3,(H,22,24). The van der Waals surface area contributed by atoms with Gasteiger partial charge in [0.1, 0.15) is 11.4 Å². The van der Waals surface area contributed by atoms with Crippen molar-refractivity contribution in [3.05, 3.63) is 76.1 Å². The largest absolute Gasteiger partial charge is 0.360 e. The van der Waals surface area contributed by atoms with Crippen LogP contribution in [0.15, 0.2) is 53.6 Å². The van der Waals surface area contributed by atoms with E-state index in [9.17, 15) is 14.0 Å². The van der Waals surface area contributed by atoms with E-state index in [-0.39, 0.29) is 17.0 Å². The van der Waals surface area contributed by atoms with Crippen LogP contribution in [0.2, 0.25) is 0 Å². The predicted octanol–water partition coefficient (Wildman–Crippen LogP) is 3.29. The number of aromatic amines is 1. The molecule has 0 aliphatic rings. The Kier molecular flexibility index (Phi) is 4.61. The van der Waals surface area contributed by atoms with Gasteiger partial charge in [-0.3, -0.25) is 14.6 Å². The van der Waals surface area contributed by atoms with Crippen LogP contribution in [0.5, 0.6) is 0 Å². The first-order valence-corrected chi connectivity index (χ1v) is 8.02. The number of aromatic nitrogens is 2. The lowest BCUT2D eigenvalue weighted by atomic mass is 10.1. The SMILES string of the molecule is CCC(c1ccccn1)N(C)C(=O)c1c[nH]c2ccc(F)cc2c1=O. The number of nitrogens with one attached hydrogen (secondary N) is 1. The number of pyridine rings is 2. The van der Waals surface area contributed by atoms with E-state index in [1.165, 1.54) is 23.2 Å². The quantitative estimate of drug-likeness (QED) is 0.793. The van der Waals surface area contributed by atoms with Gasteiger partial charge in [-0.05, 0) is 36.8 Å². The molecule has 0 aliphatic heterocycles. The molecule has 1 unspecified atom stereocenters. The van der Waals surface area contributed by atoms with E-state index < -0.39 is 17.2 Å². The molecule has 2 heterocycles. The summed E-state index contributed by atoms with van der Waals surface area (Å²) in [5.41, 5.74) is 0.738. The van der Waals surface area contributed by atoms with E-state index in [0.29, 0.717) is 11.9 Å². The summed E-state index contributed by atoms with van der Waals surface area (Å²) in [7, 11) is 1.64. The number of benzene rings is 1. The summed E-state index contributed by atoms with van der Waals surface area (Å²) in [6, 6.07) is 9.14. The van der Waals surface area contributed by atoms with E-state index in [1.54, 1.807) is 19.3 Å². The van der Waals surface area contributed by atoms with Gasteiger partial charge < -0.3 is 9.88 Å². The van der Waals surface area contributed by atoms with Gasteiger partial charge in [-0.1, -0.05) is 13.0 Å². The van der Waals surface area contributed by atoms with Crippen LogP contribution < -0.4 is 5.43 Å². The fraction of sp³-hybridized carbons (Fsp3) is 0.211. The second kappa shape index (κ2) is 6.84. The maximum absolute atomic E-state index is 13.5. The molecule has 5 nitrogen and oxygen atoms in total. The van der Waals surface area contributed by atoms with Crippen molar-refractivity contribution in [1.29, 1.82) is 0 Å². The molecule has 0 saturated carbocycles. The molecule has 6 heteroatoms. The van der Waals surface area contributed by atoms with Crippen molar-refractivity contribution >= 4 is 16.8 Å². The molecule has 0 fully saturated rings. The Morgan fingerprint density at radius 3 is 2.80 bits per heavy atom. The van der Waals surface area contributed by atoms with Crippen LogP contribution in [-0.2, 0) is 0 Å². The number of carbonyl (C=O) groups is 1. The molecule has 25 heavy (non-hydrogen) atoms. The zero-order valence-corrected chi connectivity index (χ0v) is 14.0. The molecular weight excluding hydrogens is 321 g/mol. The molecule has 0 saturated heterocycles. The van der Waals surface area contributed by atoms with Gasteiger partial charge in [0.25, 0.3) is 5.91 Å². The average Bonchev–Trinajstić information content (AvgIpc) is 2.63. The van der Waals surface area contributed by atoms with Crippen LogP contribution in [0.4, 0.5) is 4.39 Å². The van der Waals surface area contributed by atoms with Gasteiger partial charge in [0.2, 0.25) is 5.43 Å². The van der Waals surface area contributed by atoms with E-state index in [0.717, 1.165) is 11.8 Å². The molecule has 0 bridgehead atoms. The lowest BCUT2D eigenvalue weighted by molar-refractivity contribution is 0.0721. The van der Waals surface area contributed by atoms with Gasteiger partial charge in [0.05, 0.1) is 11.7 Å². The van der Waals surface area contributed by atoms with Crippen molar-refractivity contribution in [2.24, 2.45) is 0 Å². The summed E-state index contributed by atoms with van der Waals surface area (Å²) in [6.45, 7) is 1.95. The van der Waals surface area contributed by atoms with Gasteiger partial charge in [0, 0.05) is 30.3 Å². The molecule has 128 valence electrons. The van der Waals surface area contributed by atoms with Crippen LogP contribution in [0, 0.1) is 5.82 Å². The minimum absolute atomic E-state index is 0.0185. The Labute approximate surface area is 144 Å². The van der Waals surface area contributed by atoms with Gasteiger partial charge >= 0.3 is 0 Å². The third-order valence-electron chi connectivity index (χ3n) is 4.28. The highest BCUT2D eigenvalue weighted by Gasteiger charge is 2.24. The normalized spacial score (nSPS) is 12.1. The number of H-pyrrole nitrogens is 1. The minimum atomic E-state index is -0.518. The number of carbonyl (C=O) groups excluding carboxylic acids is 1.